The lowest BCUT2D eigenvalue weighted by molar-refractivity contribution is -0.134. The van der Waals surface area contributed by atoms with Gasteiger partial charge < -0.3 is 20.4 Å². The number of amides is 4. The highest BCUT2D eigenvalue weighted by Crippen LogP contribution is 2.35. The summed E-state index contributed by atoms with van der Waals surface area (Å²) in [5, 5.41) is 6.00. The van der Waals surface area contributed by atoms with Gasteiger partial charge in [0, 0.05) is 34.4 Å². The Labute approximate surface area is 209 Å². The van der Waals surface area contributed by atoms with E-state index < -0.39 is 12.1 Å². The number of carbonyl (C=O) groups is 3. The first-order chi connectivity index (χ1) is 16.2. The molecule has 2 aromatic carbocycles. The number of likely N-dealkylation sites (tertiary alicyclic amines) is 1. The minimum atomic E-state index is -0.790. The zero-order valence-corrected chi connectivity index (χ0v) is 20.9. The number of nitrogens with zero attached hydrogens (tertiary/aromatic N) is 2. The maximum absolute atomic E-state index is 13.6. The van der Waals surface area contributed by atoms with E-state index in [1.54, 1.807) is 24.3 Å². The summed E-state index contributed by atoms with van der Waals surface area (Å²) < 4.78 is 0. The Balaban J connectivity index is 1.51. The molecule has 2 aromatic rings. The van der Waals surface area contributed by atoms with Crippen LogP contribution in [0.4, 0.5) is 16.2 Å². The number of thioether (sulfide) groups is 1. The molecule has 34 heavy (non-hydrogen) atoms. The molecule has 0 unspecified atom stereocenters. The monoisotopic (exact) mass is 500 g/mol. The van der Waals surface area contributed by atoms with Crippen molar-refractivity contribution in [1.29, 1.82) is 0 Å². The number of hydrogen-bond acceptors (Lipinski definition) is 4. The zero-order chi connectivity index (χ0) is 24.3. The van der Waals surface area contributed by atoms with E-state index in [4.69, 9.17) is 11.6 Å². The number of benzene rings is 2. The van der Waals surface area contributed by atoms with Crippen LogP contribution in [0.2, 0.25) is 5.02 Å². The van der Waals surface area contributed by atoms with Gasteiger partial charge in [0.15, 0.2) is 0 Å². The molecule has 2 N–H and O–H groups in total. The van der Waals surface area contributed by atoms with Crippen LogP contribution < -0.4 is 15.5 Å². The first-order valence-corrected chi connectivity index (χ1v) is 12.7. The van der Waals surface area contributed by atoms with E-state index in [0.717, 1.165) is 17.7 Å². The van der Waals surface area contributed by atoms with Crippen LogP contribution in [0.1, 0.15) is 26.7 Å². The number of carbonyl (C=O) groups excluding carboxylic acids is 3. The predicted molar refractivity (Wildman–Crippen MR) is 137 cm³/mol. The Kier molecular flexibility index (Phi) is 7.38. The fourth-order valence-corrected chi connectivity index (χ4v) is 5.65. The Bertz CT molecular complexity index is 1090. The highest BCUT2D eigenvalue weighted by Gasteiger charge is 2.35. The summed E-state index contributed by atoms with van der Waals surface area (Å²) in [4.78, 5) is 43.7. The van der Waals surface area contributed by atoms with Crippen molar-refractivity contribution in [2.45, 2.75) is 37.6 Å². The third-order valence-corrected chi connectivity index (χ3v) is 7.45. The third kappa shape index (κ3) is 5.85. The van der Waals surface area contributed by atoms with Gasteiger partial charge >= 0.3 is 6.03 Å². The second-order valence-corrected chi connectivity index (χ2v) is 10.9. The van der Waals surface area contributed by atoms with Gasteiger partial charge in [-0.1, -0.05) is 43.6 Å². The van der Waals surface area contributed by atoms with Crippen molar-refractivity contribution in [3.05, 3.63) is 53.6 Å². The van der Waals surface area contributed by atoms with Crippen molar-refractivity contribution >= 4 is 52.6 Å². The van der Waals surface area contributed by atoms with Crippen LogP contribution in [-0.4, -0.2) is 54.2 Å². The molecule has 0 bridgehead atoms. The molecule has 2 aliphatic heterocycles. The highest BCUT2D eigenvalue weighted by atomic mass is 35.5. The Morgan fingerprint density at radius 2 is 1.97 bits per heavy atom. The Morgan fingerprint density at radius 1 is 1.18 bits per heavy atom. The lowest BCUT2D eigenvalue weighted by Crippen LogP contribution is -2.54. The maximum atomic E-state index is 13.6. The largest absolute Gasteiger partial charge is 0.341 e. The highest BCUT2D eigenvalue weighted by molar-refractivity contribution is 7.99. The molecule has 1 atom stereocenters. The van der Waals surface area contributed by atoms with Crippen molar-refractivity contribution in [3.63, 3.8) is 0 Å². The summed E-state index contributed by atoms with van der Waals surface area (Å²) in [7, 11) is 0. The van der Waals surface area contributed by atoms with Crippen LogP contribution in [-0.2, 0) is 9.59 Å². The van der Waals surface area contributed by atoms with Gasteiger partial charge in [-0.05, 0) is 48.6 Å². The SMILES string of the molecule is CC1(C)CCCN(C(=O)CN2C(=O)[C@@H](NC(=O)Nc3cccc(Cl)c3)CSc3ccccc32)C1. The number of piperidine rings is 1. The quantitative estimate of drug-likeness (QED) is 0.642. The van der Waals surface area contributed by atoms with Crippen LogP contribution in [0.5, 0.6) is 0 Å². The van der Waals surface area contributed by atoms with Crippen LogP contribution in [0.3, 0.4) is 0 Å². The maximum Gasteiger partial charge on any atom is 0.319 e. The van der Waals surface area contributed by atoms with Gasteiger partial charge in [0.05, 0.1) is 5.69 Å². The number of anilines is 2. The number of urea groups is 1. The van der Waals surface area contributed by atoms with E-state index >= 15 is 0 Å². The molecule has 0 aliphatic carbocycles. The Hall–Kier alpha value is -2.71. The van der Waals surface area contributed by atoms with Crippen LogP contribution >= 0.6 is 23.4 Å². The summed E-state index contributed by atoms with van der Waals surface area (Å²) in [5.74, 6) is -0.0199. The summed E-state index contributed by atoms with van der Waals surface area (Å²) in [6, 6.07) is 13.0. The standard InChI is InChI=1S/C25H29ClN4O3S/c1-25(2)11-6-12-29(16-25)22(31)14-30-20-9-3-4-10-21(20)34-15-19(23(30)32)28-24(33)27-18-8-5-7-17(26)13-18/h3-5,7-10,13,19H,6,11-12,14-16H2,1-2H3,(H2,27,28,33)/t19-/m0/s1. The van der Waals surface area contributed by atoms with Crippen molar-refractivity contribution in [1.82, 2.24) is 10.2 Å². The molecule has 0 aromatic heterocycles. The average Bonchev–Trinajstić information content (AvgIpc) is 2.91. The van der Waals surface area contributed by atoms with Gasteiger partial charge in [-0.25, -0.2) is 4.79 Å². The first kappa shape index (κ1) is 24.4. The van der Waals surface area contributed by atoms with E-state index in [1.807, 2.05) is 29.2 Å². The molecule has 4 amide bonds. The molecular formula is C25H29ClN4O3S. The van der Waals surface area contributed by atoms with Gasteiger partial charge in [0.1, 0.15) is 12.6 Å². The molecule has 1 saturated heterocycles. The fourth-order valence-electron chi connectivity index (χ4n) is 4.38. The topological polar surface area (TPSA) is 81.8 Å². The van der Waals surface area contributed by atoms with Crippen LogP contribution in [0, 0.1) is 5.41 Å². The van der Waals surface area contributed by atoms with Crippen molar-refractivity contribution in [2.24, 2.45) is 5.41 Å². The summed E-state index contributed by atoms with van der Waals surface area (Å²) in [6.07, 6.45) is 2.03. The van der Waals surface area contributed by atoms with Crippen molar-refractivity contribution < 1.29 is 14.4 Å². The first-order valence-electron chi connectivity index (χ1n) is 11.4. The number of rotatable bonds is 4. The molecule has 4 rings (SSSR count). The minimum Gasteiger partial charge on any atom is -0.341 e. The molecule has 0 saturated carbocycles. The number of fused-ring (bicyclic) bond motifs is 1. The molecule has 2 aliphatic rings. The van der Waals surface area contributed by atoms with E-state index in [1.165, 1.54) is 16.7 Å². The van der Waals surface area contributed by atoms with Gasteiger partial charge in [-0.3, -0.25) is 9.59 Å². The lowest BCUT2D eigenvalue weighted by Gasteiger charge is -2.39. The number of para-hydroxylation sites is 1. The van der Waals surface area contributed by atoms with Gasteiger partial charge in [-0.2, -0.15) is 0 Å². The molecule has 1 fully saturated rings. The molecule has 0 radical (unpaired) electrons. The second kappa shape index (κ2) is 10.3. The summed E-state index contributed by atoms with van der Waals surface area (Å²) in [5.41, 5.74) is 1.29. The number of nitrogens with one attached hydrogen (secondary N) is 2. The molecule has 2 heterocycles. The molecule has 0 spiro atoms. The molecule has 9 heteroatoms. The van der Waals surface area contributed by atoms with Crippen LogP contribution in [0.15, 0.2) is 53.4 Å². The molecule has 180 valence electrons. The third-order valence-electron chi connectivity index (χ3n) is 6.06. The average molecular weight is 501 g/mol. The second-order valence-electron chi connectivity index (χ2n) is 9.45. The lowest BCUT2D eigenvalue weighted by atomic mass is 9.84. The predicted octanol–water partition coefficient (Wildman–Crippen LogP) is 4.62. The number of halogens is 1. The van der Waals surface area contributed by atoms with E-state index in [9.17, 15) is 14.4 Å². The summed E-state index contributed by atoms with van der Waals surface area (Å²) >= 11 is 7.48. The zero-order valence-electron chi connectivity index (χ0n) is 19.3. The molecular weight excluding hydrogens is 472 g/mol. The summed E-state index contributed by atoms with van der Waals surface area (Å²) in [6.45, 7) is 5.64. The normalized spacial score (nSPS) is 19.7. The van der Waals surface area contributed by atoms with Crippen molar-refractivity contribution in [3.8, 4) is 0 Å². The Morgan fingerprint density at radius 3 is 2.74 bits per heavy atom. The van der Waals surface area contributed by atoms with Gasteiger partial charge in [0.25, 0.3) is 5.91 Å². The molecule has 7 nitrogen and oxygen atoms in total. The van der Waals surface area contributed by atoms with Crippen molar-refractivity contribution in [2.75, 3.05) is 35.6 Å². The number of hydrogen-bond donors (Lipinski definition) is 2. The van der Waals surface area contributed by atoms with Gasteiger partial charge in [0.2, 0.25) is 5.91 Å². The van der Waals surface area contributed by atoms with E-state index in [0.29, 0.717) is 35.2 Å². The smallest absolute Gasteiger partial charge is 0.319 e. The fraction of sp³-hybridized carbons (Fsp3) is 0.400. The van der Waals surface area contributed by atoms with Gasteiger partial charge in [-0.15, -0.1) is 11.8 Å². The van der Waals surface area contributed by atoms with E-state index in [-0.39, 0.29) is 23.8 Å². The van der Waals surface area contributed by atoms with Crippen LogP contribution in [0.25, 0.3) is 0 Å². The van der Waals surface area contributed by atoms with E-state index in [2.05, 4.69) is 24.5 Å². The minimum absolute atomic E-state index is 0.0550.